The predicted octanol–water partition coefficient (Wildman–Crippen LogP) is 4.16. The van der Waals surface area contributed by atoms with Gasteiger partial charge in [0.2, 0.25) is 5.91 Å². The average molecular weight is 923 g/mol. The molecule has 0 radical (unpaired) electrons. The standard InChI is InChI=1S/C43H65F3N2O16/c44-43(45,46)36-5-3-6-37(35-36)48-39-8-2-1-7-38(39)42(52)64-34-33-63-32-31-62-30-29-61-28-27-60-26-25-59-24-23-58-22-21-57-20-19-56-18-17-55-16-15-54-14-13-53-12-4-11-47-40(49)9-10-41(50)51/h1-3,5-8,35,48H,4,9-34H2,(H,47,49)(H,50,51). The SMILES string of the molecule is O=C(O)CCC(=O)NCCCOCCOCCOCCOCCOCCOCCOCCOCCOCCOCCOCCOC(=O)c1ccccc1Nc1cccc(C(F)(F)F)c1. The van der Waals surface area contributed by atoms with Crippen LogP contribution in [-0.2, 0) is 72.6 Å². The molecular formula is C43H65F3N2O16. The van der Waals surface area contributed by atoms with Gasteiger partial charge in [0, 0.05) is 25.3 Å². The van der Waals surface area contributed by atoms with Gasteiger partial charge >= 0.3 is 18.1 Å². The summed E-state index contributed by atoms with van der Waals surface area (Å²) in [5.41, 5.74) is -0.121. The topological polar surface area (TPSA) is 206 Å². The molecule has 0 aromatic heterocycles. The number of carbonyl (C=O) groups is 3. The Morgan fingerprint density at radius 2 is 0.906 bits per heavy atom. The molecule has 0 fully saturated rings. The van der Waals surface area contributed by atoms with E-state index in [9.17, 15) is 27.6 Å². The lowest BCUT2D eigenvalue weighted by atomic mass is 10.1. The molecular weight excluding hydrogens is 857 g/mol. The highest BCUT2D eigenvalue weighted by Crippen LogP contribution is 2.32. The zero-order chi connectivity index (χ0) is 46.2. The predicted molar refractivity (Wildman–Crippen MR) is 225 cm³/mol. The molecule has 2 rings (SSSR count). The summed E-state index contributed by atoms with van der Waals surface area (Å²) in [4.78, 5) is 34.4. The van der Waals surface area contributed by atoms with Crippen LogP contribution < -0.4 is 10.6 Å². The minimum Gasteiger partial charge on any atom is -0.481 e. The summed E-state index contributed by atoms with van der Waals surface area (Å²) in [6, 6.07) is 11.1. The highest BCUT2D eigenvalue weighted by molar-refractivity contribution is 5.96. The zero-order valence-electron chi connectivity index (χ0n) is 36.4. The zero-order valence-corrected chi connectivity index (χ0v) is 36.4. The number of ether oxygens (including phenoxy) is 12. The molecule has 18 nitrogen and oxygen atoms in total. The maximum absolute atomic E-state index is 13.1. The number of halogens is 3. The summed E-state index contributed by atoms with van der Waals surface area (Å²) < 4.78 is 104. The number of rotatable bonds is 43. The molecule has 2 aromatic carbocycles. The highest BCUT2D eigenvalue weighted by atomic mass is 19.4. The van der Waals surface area contributed by atoms with E-state index >= 15 is 0 Å². The first-order chi connectivity index (χ1) is 31.2. The van der Waals surface area contributed by atoms with Gasteiger partial charge in [0.1, 0.15) is 6.61 Å². The van der Waals surface area contributed by atoms with Crippen LogP contribution in [-0.4, -0.2) is 181 Å². The van der Waals surface area contributed by atoms with Crippen molar-refractivity contribution < 1.29 is 89.5 Å². The van der Waals surface area contributed by atoms with E-state index in [1.165, 1.54) is 18.2 Å². The number of hydrogen-bond acceptors (Lipinski definition) is 16. The Hall–Kier alpha value is -4.00. The quantitative estimate of drug-likeness (QED) is 0.0631. The molecule has 0 saturated heterocycles. The summed E-state index contributed by atoms with van der Waals surface area (Å²) in [5, 5.41) is 14.0. The normalized spacial score (nSPS) is 11.5. The van der Waals surface area contributed by atoms with Crippen molar-refractivity contribution >= 4 is 29.2 Å². The lowest BCUT2D eigenvalue weighted by Crippen LogP contribution is -2.25. The largest absolute Gasteiger partial charge is 0.481 e. The Morgan fingerprint density at radius 3 is 1.33 bits per heavy atom. The first kappa shape index (κ1) is 56.1. The van der Waals surface area contributed by atoms with Crippen LogP contribution in [0.15, 0.2) is 48.5 Å². The molecule has 21 heteroatoms. The van der Waals surface area contributed by atoms with E-state index in [0.29, 0.717) is 151 Å². The minimum absolute atomic E-state index is 0.0125. The number of hydrogen-bond donors (Lipinski definition) is 3. The lowest BCUT2D eigenvalue weighted by molar-refractivity contribution is -0.139. The molecule has 0 heterocycles. The number of carboxylic acids is 1. The van der Waals surface area contributed by atoms with E-state index in [1.807, 2.05) is 0 Å². The van der Waals surface area contributed by atoms with Gasteiger partial charge < -0.3 is 72.6 Å². The van der Waals surface area contributed by atoms with Crippen molar-refractivity contribution in [3.8, 4) is 0 Å². The number of carboxylic acid groups (broad SMARTS) is 1. The second kappa shape index (κ2) is 38.3. The van der Waals surface area contributed by atoms with Crippen LogP contribution in [0.2, 0.25) is 0 Å². The van der Waals surface area contributed by atoms with Gasteiger partial charge in [-0.1, -0.05) is 18.2 Å². The van der Waals surface area contributed by atoms with E-state index < -0.39 is 23.7 Å². The number of benzene rings is 2. The molecule has 2 aromatic rings. The third-order valence-corrected chi connectivity index (χ3v) is 8.15. The molecule has 364 valence electrons. The fourth-order valence-electron chi connectivity index (χ4n) is 4.98. The Bertz CT molecular complexity index is 1490. The van der Waals surface area contributed by atoms with Gasteiger partial charge in [0.05, 0.1) is 162 Å². The number of aliphatic carboxylic acids is 1. The van der Waals surface area contributed by atoms with Crippen LogP contribution in [0, 0.1) is 0 Å². The molecule has 0 aliphatic heterocycles. The van der Waals surface area contributed by atoms with Gasteiger partial charge in [0.15, 0.2) is 0 Å². The van der Waals surface area contributed by atoms with Crippen LogP contribution in [0.3, 0.4) is 0 Å². The first-order valence-electron chi connectivity index (χ1n) is 21.2. The highest BCUT2D eigenvalue weighted by Gasteiger charge is 2.30. The third-order valence-electron chi connectivity index (χ3n) is 8.15. The lowest BCUT2D eigenvalue weighted by Gasteiger charge is -2.13. The Morgan fingerprint density at radius 1 is 0.500 bits per heavy atom. The Kier molecular flexibility index (Phi) is 33.6. The van der Waals surface area contributed by atoms with Crippen LogP contribution in [0.25, 0.3) is 0 Å². The van der Waals surface area contributed by atoms with E-state index in [1.54, 1.807) is 18.2 Å². The van der Waals surface area contributed by atoms with Gasteiger partial charge in [-0.05, 0) is 36.8 Å². The molecule has 64 heavy (non-hydrogen) atoms. The third kappa shape index (κ3) is 31.8. The smallest absolute Gasteiger partial charge is 0.416 e. The Balaban J connectivity index is 1.23. The molecule has 0 saturated carbocycles. The number of carbonyl (C=O) groups excluding carboxylic acids is 2. The molecule has 0 bridgehead atoms. The first-order valence-corrected chi connectivity index (χ1v) is 21.2. The van der Waals surface area contributed by atoms with E-state index in [2.05, 4.69) is 10.6 Å². The van der Waals surface area contributed by atoms with Gasteiger partial charge in [-0.15, -0.1) is 0 Å². The van der Waals surface area contributed by atoms with Gasteiger partial charge in [-0.2, -0.15) is 13.2 Å². The van der Waals surface area contributed by atoms with E-state index in [0.717, 1.165) is 12.1 Å². The molecule has 0 unspecified atom stereocenters. The fourth-order valence-corrected chi connectivity index (χ4v) is 4.98. The number of amides is 1. The molecule has 0 aliphatic carbocycles. The number of alkyl halides is 3. The summed E-state index contributed by atoms with van der Waals surface area (Å²) in [5.74, 6) is -1.91. The van der Waals surface area contributed by atoms with Crippen molar-refractivity contribution in [1.29, 1.82) is 0 Å². The second-order valence-corrected chi connectivity index (χ2v) is 13.2. The van der Waals surface area contributed by atoms with Crippen molar-refractivity contribution in [2.75, 3.05) is 164 Å². The molecule has 1 amide bonds. The fraction of sp³-hybridized carbons (Fsp3) is 0.651. The van der Waals surface area contributed by atoms with Gasteiger partial charge in [-0.25, -0.2) is 4.79 Å². The minimum atomic E-state index is -4.49. The van der Waals surface area contributed by atoms with Crippen molar-refractivity contribution in [2.24, 2.45) is 0 Å². The van der Waals surface area contributed by atoms with E-state index in [-0.39, 0.29) is 49.8 Å². The molecule has 0 spiro atoms. The molecule has 3 N–H and O–H groups in total. The number of para-hydroxylation sites is 1. The van der Waals surface area contributed by atoms with Gasteiger partial charge in [0.25, 0.3) is 0 Å². The van der Waals surface area contributed by atoms with Gasteiger partial charge in [-0.3, -0.25) is 9.59 Å². The van der Waals surface area contributed by atoms with Crippen molar-refractivity contribution in [3.05, 3.63) is 59.7 Å². The molecule has 0 aliphatic rings. The average Bonchev–Trinajstić information content (AvgIpc) is 3.27. The number of anilines is 2. The number of esters is 1. The maximum Gasteiger partial charge on any atom is 0.416 e. The summed E-state index contributed by atoms with van der Waals surface area (Å²) in [6.07, 6.45) is -4.05. The van der Waals surface area contributed by atoms with Crippen LogP contribution >= 0.6 is 0 Å². The Labute approximate surface area is 372 Å². The van der Waals surface area contributed by atoms with Crippen molar-refractivity contribution in [3.63, 3.8) is 0 Å². The maximum atomic E-state index is 13.1. The summed E-state index contributed by atoms with van der Waals surface area (Å²) >= 11 is 0. The van der Waals surface area contributed by atoms with Crippen molar-refractivity contribution in [1.82, 2.24) is 5.32 Å². The molecule has 0 atom stereocenters. The van der Waals surface area contributed by atoms with Crippen LogP contribution in [0.4, 0.5) is 24.5 Å². The van der Waals surface area contributed by atoms with E-state index in [4.69, 9.17) is 61.9 Å². The van der Waals surface area contributed by atoms with Crippen molar-refractivity contribution in [2.45, 2.75) is 25.4 Å². The summed E-state index contributed by atoms with van der Waals surface area (Å²) in [7, 11) is 0. The summed E-state index contributed by atoms with van der Waals surface area (Å²) in [6.45, 7) is 9.45. The monoisotopic (exact) mass is 922 g/mol. The van der Waals surface area contributed by atoms with Crippen LogP contribution in [0.5, 0.6) is 0 Å². The number of nitrogens with one attached hydrogen (secondary N) is 2. The second-order valence-electron chi connectivity index (χ2n) is 13.2. The van der Waals surface area contributed by atoms with Crippen LogP contribution in [0.1, 0.15) is 35.2 Å².